The van der Waals surface area contributed by atoms with Crippen molar-refractivity contribution in [2.45, 2.75) is 38.6 Å². The largest absolute Gasteiger partial charge is 0.455 e. The van der Waals surface area contributed by atoms with Gasteiger partial charge >= 0.3 is 0 Å². The maximum absolute atomic E-state index is 13.2. The zero-order chi connectivity index (χ0) is 21.1. The van der Waals surface area contributed by atoms with E-state index in [4.69, 9.17) is 4.42 Å². The molecule has 1 aliphatic heterocycles. The van der Waals surface area contributed by atoms with Crippen molar-refractivity contribution in [3.05, 3.63) is 69.9 Å². The van der Waals surface area contributed by atoms with Gasteiger partial charge in [0.1, 0.15) is 5.76 Å². The summed E-state index contributed by atoms with van der Waals surface area (Å²) < 4.78 is 6.23. The molecule has 1 amide bonds. The minimum absolute atomic E-state index is 0.0696. The van der Waals surface area contributed by atoms with E-state index in [1.165, 1.54) is 12.8 Å². The van der Waals surface area contributed by atoms with Crippen LogP contribution in [0.5, 0.6) is 0 Å². The van der Waals surface area contributed by atoms with Gasteiger partial charge in [-0.3, -0.25) is 9.59 Å². The van der Waals surface area contributed by atoms with Crippen molar-refractivity contribution >= 4 is 16.9 Å². The zero-order valence-electron chi connectivity index (χ0n) is 17.6. The van der Waals surface area contributed by atoms with Crippen LogP contribution in [0.4, 0.5) is 0 Å². The third-order valence-electron chi connectivity index (χ3n) is 6.08. The first kappa shape index (κ1) is 20.4. The summed E-state index contributed by atoms with van der Waals surface area (Å²) in [5.41, 5.74) is 2.17. The Labute approximate surface area is 176 Å². The molecule has 3 aromatic rings. The van der Waals surface area contributed by atoms with Crippen molar-refractivity contribution in [1.29, 1.82) is 0 Å². The fourth-order valence-electron chi connectivity index (χ4n) is 4.37. The number of carbonyl (C=O) groups excluding carboxylic acids is 1. The molecular weight excluding hydrogens is 376 g/mol. The van der Waals surface area contributed by atoms with Crippen LogP contribution in [-0.4, -0.2) is 37.0 Å². The van der Waals surface area contributed by atoms with E-state index in [0.29, 0.717) is 46.9 Å². The minimum Gasteiger partial charge on any atom is -0.455 e. The first-order valence-corrected chi connectivity index (χ1v) is 10.7. The van der Waals surface area contributed by atoms with Crippen LogP contribution in [0.3, 0.4) is 0 Å². The number of hydrogen-bond donors (Lipinski definition) is 1. The average molecular weight is 405 g/mol. The standard InChI is InChI=1S/C25H28N2O3/c1-3-19-22(28)20-12-7-13-21(24(20)30-23(19)17-9-5-4-6-10-17)25(29)26-15-14-18-11-8-16-27(18)2/h4-7,9-10,12-13,18H,3,8,11,14-16H2,1-2H3,(H,26,29). The Kier molecular flexibility index (Phi) is 6.00. The zero-order valence-corrected chi connectivity index (χ0v) is 17.6. The van der Waals surface area contributed by atoms with Gasteiger partial charge in [-0.15, -0.1) is 0 Å². The quantitative estimate of drug-likeness (QED) is 0.668. The van der Waals surface area contributed by atoms with Crippen molar-refractivity contribution in [3.8, 4) is 11.3 Å². The van der Waals surface area contributed by atoms with Gasteiger partial charge in [-0.2, -0.15) is 0 Å². The second-order valence-electron chi connectivity index (χ2n) is 7.96. The molecule has 1 aromatic heterocycles. The van der Waals surface area contributed by atoms with Crippen LogP contribution in [-0.2, 0) is 6.42 Å². The lowest BCUT2D eigenvalue weighted by molar-refractivity contribution is 0.0951. The Hall–Kier alpha value is -2.92. The Morgan fingerprint density at radius 3 is 2.67 bits per heavy atom. The summed E-state index contributed by atoms with van der Waals surface area (Å²) in [5.74, 6) is 0.344. The molecule has 2 aromatic carbocycles. The van der Waals surface area contributed by atoms with Crippen LogP contribution in [0.1, 0.15) is 42.1 Å². The normalized spacial score (nSPS) is 16.8. The maximum Gasteiger partial charge on any atom is 0.255 e. The topological polar surface area (TPSA) is 62.6 Å². The van der Waals surface area contributed by atoms with E-state index in [-0.39, 0.29) is 11.3 Å². The molecule has 0 bridgehead atoms. The average Bonchev–Trinajstić information content (AvgIpc) is 3.18. The molecule has 30 heavy (non-hydrogen) atoms. The van der Waals surface area contributed by atoms with E-state index >= 15 is 0 Å². The maximum atomic E-state index is 13.2. The number of para-hydroxylation sites is 1. The van der Waals surface area contributed by atoms with E-state index in [2.05, 4.69) is 17.3 Å². The predicted octanol–water partition coefficient (Wildman–Crippen LogP) is 4.24. The number of hydrogen-bond acceptors (Lipinski definition) is 4. The molecule has 1 saturated heterocycles. The number of nitrogens with zero attached hydrogens (tertiary/aromatic N) is 1. The lowest BCUT2D eigenvalue weighted by Gasteiger charge is -2.19. The Balaban J connectivity index is 1.67. The number of carbonyl (C=O) groups is 1. The molecule has 0 aliphatic carbocycles. The van der Waals surface area contributed by atoms with Gasteiger partial charge < -0.3 is 14.6 Å². The predicted molar refractivity (Wildman–Crippen MR) is 120 cm³/mol. The molecule has 156 valence electrons. The second kappa shape index (κ2) is 8.84. The van der Waals surface area contributed by atoms with Crippen LogP contribution in [0.15, 0.2) is 57.7 Å². The molecular formula is C25H28N2O3. The second-order valence-corrected chi connectivity index (χ2v) is 7.96. The molecule has 1 fully saturated rings. The van der Waals surface area contributed by atoms with Crippen molar-refractivity contribution in [3.63, 3.8) is 0 Å². The van der Waals surface area contributed by atoms with Gasteiger partial charge in [0.05, 0.1) is 10.9 Å². The summed E-state index contributed by atoms with van der Waals surface area (Å²) in [6, 6.07) is 15.3. The van der Waals surface area contributed by atoms with Crippen molar-refractivity contribution in [2.75, 3.05) is 20.1 Å². The molecule has 1 unspecified atom stereocenters. The summed E-state index contributed by atoms with van der Waals surface area (Å²) in [4.78, 5) is 28.4. The molecule has 5 nitrogen and oxygen atoms in total. The lowest BCUT2D eigenvalue weighted by atomic mass is 10.0. The number of fused-ring (bicyclic) bond motifs is 1. The molecule has 1 atom stereocenters. The summed E-state index contributed by atoms with van der Waals surface area (Å²) in [6.07, 6.45) is 3.88. The number of benzene rings is 2. The smallest absolute Gasteiger partial charge is 0.255 e. The molecule has 1 aliphatic rings. The molecule has 4 rings (SSSR count). The van der Waals surface area contributed by atoms with Gasteiger partial charge in [0.25, 0.3) is 5.91 Å². The molecule has 1 N–H and O–H groups in total. The van der Waals surface area contributed by atoms with Crippen LogP contribution < -0.4 is 10.7 Å². The molecule has 0 spiro atoms. The number of likely N-dealkylation sites (tertiary alicyclic amines) is 1. The highest BCUT2D eigenvalue weighted by Crippen LogP contribution is 2.28. The number of rotatable bonds is 6. The first-order chi connectivity index (χ1) is 14.6. The Morgan fingerprint density at radius 2 is 1.97 bits per heavy atom. The van der Waals surface area contributed by atoms with Crippen molar-refractivity contribution in [2.24, 2.45) is 0 Å². The van der Waals surface area contributed by atoms with Gasteiger partial charge in [0.15, 0.2) is 11.0 Å². The fraction of sp³-hybridized carbons (Fsp3) is 0.360. The number of amides is 1. The van der Waals surface area contributed by atoms with E-state index in [0.717, 1.165) is 18.5 Å². The van der Waals surface area contributed by atoms with Gasteiger partial charge in [0.2, 0.25) is 0 Å². The van der Waals surface area contributed by atoms with E-state index in [1.54, 1.807) is 18.2 Å². The third kappa shape index (κ3) is 3.90. The fourth-order valence-corrected chi connectivity index (χ4v) is 4.37. The van der Waals surface area contributed by atoms with Crippen LogP contribution in [0.25, 0.3) is 22.3 Å². The minimum atomic E-state index is -0.201. The third-order valence-corrected chi connectivity index (χ3v) is 6.08. The van der Waals surface area contributed by atoms with Gasteiger partial charge in [-0.1, -0.05) is 43.3 Å². The first-order valence-electron chi connectivity index (χ1n) is 10.7. The summed E-state index contributed by atoms with van der Waals surface area (Å²) in [5, 5.41) is 3.47. The van der Waals surface area contributed by atoms with Crippen LogP contribution in [0, 0.1) is 0 Å². The number of nitrogens with one attached hydrogen (secondary N) is 1. The summed E-state index contributed by atoms with van der Waals surface area (Å²) >= 11 is 0. The van der Waals surface area contributed by atoms with Crippen LogP contribution >= 0.6 is 0 Å². The van der Waals surface area contributed by atoms with Crippen molar-refractivity contribution < 1.29 is 9.21 Å². The Morgan fingerprint density at radius 1 is 1.17 bits per heavy atom. The van der Waals surface area contributed by atoms with E-state index < -0.39 is 0 Å². The molecule has 0 radical (unpaired) electrons. The highest BCUT2D eigenvalue weighted by atomic mass is 16.3. The highest BCUT2D eigenvalue weighted by Gasteiger charge is 2.22. The monoisotopic (exact) mass is 404 g/mol. The van der Waals surface area contributed by atoms with Gasteiger partial charge in [-0.25, -0.2) is 0 Å². The molecule has 0 saturated carbocycles. The summed E-state index contributed by atoms with van der Waals surface area (Å²) in [6.45, 7) is 3.67. The van der Waals surface area contributed by atoms with E-state index in [1.807, 2.05) is 37.3 Å². The SMILES string of the molecule is CCc1c(-c2ccccc2)oc2c(C(=O)NCCC3CCCN3C)cccc2c1=O. The molecule has 5 heteroatoms. The highest BCUT2D eigenvalue weighted by molar-refractivity contribution is 6.05. The van der Waals surface area contributed by atoms with Gasteiger partial charge in [0, 0.05) is 23.7 Å². The van der Waals surface area contributed by atoms with Gasteiger partial charge in [-0.05, 0) is 51.4 Å². The Bertz CT molecular complexity index is 1100. The van der Waals surface area contributed by atoms with Crippen LogP contribution in [0.2, 0.25) is 0 Å². The summed E-state index contributed by atoms with van der Waals surface area (Å²) in [7, 11) is 2.13. The molecule has 2 heterocycles. The van der Waals surface area contributed by atoms with E-state index in [9.17, 15) is 9.59 Å². The van der Waals surface area contributed by atoms with Crippen molar-refractivity contribution in [1.82, 2.24) is 10.2 Å². The lowest BCUT2D eigenvalue weighted by Crippen LogP contribution is -2.32.